The van der Waals surface area contributed by atoms with E-state index in [2.05, 4.69) is 20.8 Å². The first kappa shape index (κ1) is 22.3. The summed E-state index contributed by atoms with van der Waals surface area (Å²) >= 11 is 0. The molecule has 0 bridgehead atoms. The molecule has 1 atom stereocenters. The van der Waals surface area contributed by atoms with Crippen molar-refractivity contribution >= 4 is 0 Å². The molecule has 0 saturated heterocycles. The summed E-state index contributed by atoms with van der Waals surface area (Å²) in [6.07, 6.45) is 3.35. The van der Waals surface area contributed by atoms with E-state index in [0.717, 1.165) is 35.8 Å². The van der Waals surface area contributed by atoms with E-state index < -0.39 is 6.29 Å². The highest BCUT2D eigenvalue weighted by molar-refractivity contribution is 5.66. The van der Waals surface area contributed by atoms with Crippen molar-refractivity contribution in [3.8, 4) is 22.6 Å². The SMILES string of the molecule is COc1ccc(-c2ccc(OCCC(C)CCCC(C)C)cc2)cc1C(O)O. The average molecular weight is 387 g/mol. The van der Waals surface area contributed by atoms with Crippen LogP contribution in [0.3, 0.4) is 0 Å². The molecule has 0 spiro atoms. The van der Waals surface area contributed by atoms with Gasteiger partial charge in [-0.2, -0.15) is 0 Å². The summed E-state index contributed by atoms with van der Waals surface area (Å²) in [7, 11) is 1.51. The van der Waals surface area contributed by atoms with E-state index in [0.29, 0.717) is 17.2 Å². The lowest BCUT2D eigenvalue weighted by Crippen LogP contribution is -2.04. The van der Waals surface area contributed by atoms with Gasteiger partial charge in [-0.25, -0.2) is 0 Å². The van der Waals surface area contributed by atoms with Gasteiger partial charge in [0.15, 0.2) is 6.29 Å². The normalized spacial score (nSPS) is 12.4. The monoisotopic (exact) mass is 386 g/mol. The first-order chi connectivity index (χ1) is 13.4. The van der Waals surface area contributed by atoms with E-state index in [1.807, 2.05) is 30.3 Å². The van der Waals surface area contributed by atoms with Crippen molar-refractivity contribution in [1.29, 1.82) is 0 Å². The van der Waals surface area contributed by atoms with Crippen LogP contribution in [0.15, 0.2) is 42.5 Å². The first-order valence-corrected chi connectivity index (χ1v) is 10.2. The van der Waals surface area contributed by atoms with Crippen molar-refractivity contribution in [2.75, 3.05) is 13.7 Å². The van der Waals surface area contributed by atoms with E-state index in [-0.39, 0.29) is 0 Å². The zero-order valence-corrected chi connectivity index (χ0v) is 17.5. The van der Waals surface area contributed by atoms with E-state index in [9.17, 15) is 10.2 Å². The van der Waals surface area contributed by atoms with Gasteiger partial charge in [-0.15, -0.1) is 0 Å². The Morgan fingerprint density at radius 2 is 1.54 bits per heavy atom. The Balaban J connectivity index is 1.89. The van der Waals surface area contributed by atoms with Gasteiger partial charge in [0.2, 0.25) is 0 Å². The molecule has 1 unspecified atom stereocenters. The second-order valence-corrected chi connectivity index (χ2v) is 7.92. The predicted molar refractivity (Wildman–Crippen MR) is 114 cm³/mol. The summed E-state index contributed by atoms with van der Waals surface area (Å²) in [5.74, 6) is 2.78. The molecule has 2 rings (SSSR count). The van der Waals surface area contributed by atoms with Crippen molar-refractivity contribution in [2.45, 2.75) is 52.7 Å². The first-order valence-electron chi connectivity index (χ1n) is 10.2. The molecule has 0 aliphatic heterocycles. The van der Waals surface area contributed by atoms with Gasteiger partial charge in [-0.05, 0) is 53.6 Å². The maximum atomic E-state index is 9.53. The molecule has 154 valence electrons. The quantitative estimate of drug-likeness (QED) is 0.495. The zero-order chi connectivity index (χ0) is 20.5. The molecule has 28 heavy (non-hydrogen) atoms. The van der Waals surface area contributed by atoms with E-state index in [1.165, 1.54) is 26.4 Å². The van der Waals surface area contributed by atoms with Crippen LogP contribution in [0.25, 0.3) is 11.1 Å². The standard InChI is InChI=1S/C24H34O4/c1-17(2)6-5-7-18(3)14-15-28-21-11-8-19(9-12-21)20-10-13-23(27-4)22(16-20)24(25)26/h8-13,16-18,24-26H,5-7,14-15H2,1-4H3. The minimum Gasteiger partial charge on any atom is -0.496 e. The second kappa shape index (κ2) is 11.1. The molecular weight excluding hydrogens is 352 g/mol. The highest BCUT2D eigenvalue weighted by Gasteiger charge is 2.12. The Morgan fingerprint density at radius 3 is 2.14 bits per heavy atom. The molecule has 0 amide bonds. The third-order valence-electron chi connectivity index (χ3n) is 5.05. The number of aliphatic hydroxyl groups excluding tert-OH is 1. The van der Waals surface area contributed by atoms with Crippen molar-refractivity contribution < 1.29 is 19.7 Å². The Kier molecular flexibility index (Phi) is 8.81. The fourth-order valence-corrected chi connectivity index (χ4v) is 3.26. The molecule has 0 heterocycles. The maximum Gasteiger partial charge on any atom is 0.182 e. The van der Waals surface area contributed by atoms with Crippen molar-refractivity contribution in [1.82, 2.24) is 0 Å². The van der Waals surface area contributed by atoms with Crippen LogP contribution in [0, 0.1) is 11.8 Å². The molecule has 2 aromatic carbocycles. The molecule has 0 radical (unpaired) electrons. The number of benzene rings is 2. The lowest BCUT2D eigenvalue weighted by molar-refractivity contribution is -0.0438. The molecule has 2 aromatic rings. The number of hydrogen-bond donors (Lipinski definition) is 2. The largest absolute Gasteiger partial charge is 0.496 e. The Bertz CT molecular complexity index is 707. The van der Waals surface area contributed by atoms with Gasteiger partial charge in [0.1, 0.15) is 11.5 Å². The van der Waals surface area contributed by atoms with Crippen LogP contribution < -0.4 is 9.47 Å². The molecule has 0 fully saturated rings. The van der Waals surface area contributed by atoms with Gasteiger partial charge in [0, 0.05) is 5.56 Å². The van der Waals surface area contributed by atoms with Crippen LogP contribution in [-0.2, 0) is 0 Å². The summed E-state index contributed by atoms with van der Waals surface area (Å²) in [6.45, 7) is 7.57. The number of aliphatic hydroxyl groups is 2. The van der Waals surface area contributed by atoms with Crippen LogP contribution in [-0.4, -0.2) is 23.9 Å². The van der Waals surface area contributed by atoms with E-state index in [1.54, 1.807) is 12.1 Å². The smallest absolute Gasteiger partial charge is 0.182 e. The summed E-state index contributed by atoms with van der Waals surface area (Å²) in [5.41, 5.74) is 2.24. The van der Waals surface area contributed by atoms with Crippen LogP contribution in [0.4, 0.5) is 0 Å². The number of rotatable bonds is 11. The van der Waals surface area contributed by atoms with Gasteiger partial charge in [0.05, 0.1) is 13.7 Å². The minimum absolute atomic E-state index is 0.354. The van der Waals surface area contributed by atoms with Gasteiger partial charge in [-0.1, -0.05) is 58.2 Å². The maximum absolute atomic E-state index is 9.53. The van der Waals surface area contributed by atoms with Crippen molar-refractivity contribution in [2.24, 2.45) is 11.8 Å². The number of methoxy groups -OCH3 is 1. The highest BCUT2D eigenvalue weighted by atomic mass is 16.5. The lowest BCUT2D eigenvalue weighted by Gasteiger charge is -2.14. The molecule has 0 saturated carbocycles. The van der Waals surface area contributed by atoms with Crippen LogP contribution in [0.1, 0.15) is 58.3 Å². The molecule has 2 N–H and O–H groups in total. The molecule has 0 aromatic heterocycles. The fraction of sp³-hybridized carbons (Fsp3) is 0.500. The Hall–Kier alpha value is -2.04. The van der Waals surface area contributed by atoms with Gasteiger partial charge in [-0.3, -0.25) is 0 Å². The highest BCUT2D eigenvalue weighted by Crippen LogP contribution is 2.30. The third-order valence-corrected chi connectivity index (χ3v) is 5.05. The zero-order valence-electron chi connectivity index (χ0n) is 17.5. The Labute approximate surface area is 169 Å². The average Bonchev–Trinajstić information content (AvgIpc) is 2.67. The lowest BCUT2D eigenvalue weighted by atomic mass is 9.98. The molecule has 0 aliphatic rings. The van der Waals surface area contributed by atoms with Crippen molar-refractivity contribution in [3.05, 3.63) is 48.0 Å². The van der Waals surface area contributed by atoms with Gasteiger partial charge >= 0.3 is 0 Å². The third kappa shape index (κ3) is 6.84. The van der Waals surface area contributed by atoms with Gasteiger partial charge < -0.3 is 19.7 Å². The molecular formula is C24H34O4. The second-order valence-electron chi connectivity index (χ2n) is 7.92. The molecule has 0 aliphatic carbocycles. The summed E-state index contributed by atoms with van der Waals surface area (Å²) in [4.78, 5) is 0. The predicted octanol–water partition coefficient (Wildman–Crippen LogP) is 5.58. The summed E-state index contributed by atoms with van der Waals surface area (Å²) in [5, 5.41) is 19.1. The van der Waals surface area contributed by atoms with Crippen LogP contribution in [0.2, 0.25) is 0 Å². The number of ether oxygens (including phenoxy) is 2. The molecule has 4 heteroatoms. The number of hydrogen-bond acceptors (Lipinski definition) is 4. The molecule has 4 nitrogen and oxygen atoms in total. The van der Waals surface area contributed by atoms with E-state index in [4.69, 9.17) is 9.47 Å². The minimum atomic E-state index is -1.57. The van der Waals surface area contributed by atoms with Crippen molar-refractivity contribution in [3.63, 3.8) is 0 Å². The topological polar surface area (TPSA) is 58.9 Å². The summed E-state index contributed by atoms with van der Waals surface area (Å²) in [6, 6.07) is 13.3. The van der Waals surface area contributed by atoms with Crippen LogP contribution in [0.5, 0.6) is 11.5 Å². The van der Waals surface area contributed by atoms with Crippen LogP contribution >= 0.6 is 0 Å². The summed E-state index contributed by atoms with van der Waals surface area (Å²) < 4.78 is 11.1. The fourth-order valence-electron chi connectivity index (χ4n) is 3.26. The Morgan fingerprint density at radius 1 is 0.857 bits per heavy atom. The van der Waals surface area contributed by atoms with Gasteiger partial charge in [0.25, 0.3) is 0 Å². The van der Waals surface area contributed by atoms with E-state index >= 15 is 0 Å².